The Kier molecular flexibility index (Phi) is 4.34. The van der Waals surface area contributed by atoms with Crippen LogP contribution in [0.4, 0.5) is 0 Å². The number of hydrogen-bond donors (Lipinski definition) is 1. The molecule has 116 valence electrons. The van der Waals surface area contributed by atoms with E-state index in [0.717, 1.165) is 29.6 Å². The summed E-state index contributed by atoms with van der Waals surface area (Å²) < 4.78 is 7.36. The maximum Gasteiger partial charge on any atom is 0.253 e. The minimum Gasteiger partial charge on any atom is -0.377 e. The van der Waals surface area contributed by atoms with Crippen molar-refractivity contribution in [1.82, 2.24) is 9.88 Å². The Morgan fingerprint density at radius 2 is 2.24 bits per heavy atom. The molecule has 2 heterocycles. The van der Waals surface area contributed by atoms with Gasteiger partial charge in [0.25, 0.3) is 5.91 Å². The van der Waals surface area contributed by atoms with Gasteiger partial charge in [-0.2, -0.15) is 0 Å². The molecule has 0 radical (unpaired) electrons. The molecule has 21 heavy (non-hydrogen) atoms. The van der Waals surface area contributed by atoms with Crippen LogP contribution in [-0.2, 0) is 11.3 Å². The molecule has 1 aromatic heterocycles. The molecule has 1 aliphatic carbocycles. The van der Waals surface area contributed by atoms with Crippen molar-refractivity contribution < 1.29 is 9.53 Å². The highest BCUT2D eigenvalue weighted by Crippen LogP contribution is 2.30. The molecule has 2 fully saturated rings. The quantitative estimate of drug-likeness (QED) is 0.926. The first kappa shape index (κ1) is 14.6. The Labute approximate surface area is 126 Å². The van der Waals surface area contributed by atoms with Gasteiger partial charge >= 0.3 is 0 Å². The molecule has 1 aliphatic heterocycles. The highest BCUT2D eigenvalue weighted by molar-refractivity contribution is 5.95. The first-order valence-electron chi connectivity index (χ1n) is 8.18. The normalized spacial score (nSPS) is 26.4. The lowest BCUT2D eigenvalue weighted by Crippen LogP contribution is -2.48. The van der Waals surface area contributed by atoms with Crippen LogP contribution in [0.1, 0.15) is 48.7 Å². The van der Waals surface area contributed by atoms with Gasteiger partial charge in [-0.15, -0.1) is 0 Å². The van der Waals surface area contributed by atoms with E-state index in [4.69, 9.17) is 4.74 Å². The van der Waals surface area contributed by atoms with Crippen LogP contribution in [0.3, 0.4) is 0 Å². The summed E-state index contributed by atoms with van der Waals surface area (Å²) in [6, 6.07) is 2.15. The summed E-state index contributed by atoms with van der Waals surface area (Å²) in [5, 5.41) is 3.02. The third kappa shape index (κ3) is 3.31. The zero-order chi connectivity index (χ0) is 14.8. The second kappa shape index (κ2) is 6.22. The van der Waals surface area contributed by atoms with Crippen LogP contribution < -0.4 is 5.32 Å². The molecule has 2 aliphatic rings. The third-order valence-corrected chi connectivity index (χ3v) is 4.96. The van der Waals surface area contributed by atoms with Gasteiger partial charge in [-0.25, -0.2) is 0 Å². The van der Waals surface area contributed by atoms with Crippen molar-refractivity contribution in [3.63, 3.8) is 0 Å². The Hall–Kier alpha value is -1.29. The van der Waals surface area contributed by atoms with Crippen LogP contribution in [0.2, 0.25) is 0 Å². The molecular formula is C17H26N2O2. The lowest BCUT2D eigenvalue weighted by molar-refractivity contribution is -0.00347. The van der Waals surface area contributed by atoms with E-state index >= 15 is 0 Å². The minimum absolute atomic E-state index is 0.0385. The summed E-state index contributed by atoms with van der Waals surface area (Å²) >= 11 is 0. The highest BCUT2D eigenvalue weighted by atomic mass is 16.5. The molecule has 0 spiro atoms. The zero-order valence-electron chi connectivity index (χ0n) is 13.1. The van der Waals surface area contributed by atoms with Crippen molar-refractivity contribution in [2.24, 2.45) is 11.8 Å². The van der Waals surface area contributed by atoms with E-state index in [1.807, 2.05) is 6.07 Å². The number of carbonyl (C=O) groups is 1. The molecular weight excluding hydrogens is 264 g/mol. The lowest BCUT2D eigenvalue weighted by Gasteiger charge is -2.28. The van der Waals surface area contributed by atoms with Crippen LogP contribution in [0.5, 0.6) is 0 Å². The molecule has 4 nitrogen and oxygen atoms in total. The SMILES string of the molecule is Cc1c(C(=O)NC2COC2)ccn1CC1CCCC(C)C1. The van der Waals surface area contributed by atoms with E-state index in [1.54, 1.807) is 0 Å². The standard InChI is InChI=1S/C17H26N2O2/c1-12-4-3-5-14(8-12)9-19-7-6-16(13(19)2)17(20)18-15-10-21-11-15/h6-7,12,14-15H,3-5,8-11H2,1-2H3,(H,18,20). The Morgan fingerprint density at radius 3 is 2.90 bits per heavy atom. The van der Waals surface area contributed by atoms with E-state index in [2.05, 4.69) is 29.9 Å². The van der Waals surface area contributed by atoms with Crippen molar-refractivity contribution in [3.8, 4) is 0 Å². The summed E-state index contributed by atoms with van der Waals surface area (Å²) in [5.74, 6) is 1.65. The molecule has 1 saturated carbocycles. The monoisotopic (exact) mass is 290 g/mol. The second-order valence-electron chi connectivity index (χ2n) is 6.81. The molecule has 1 amide bonds. The highest BCUT2D eigenvalue weighted by Gasteiger charge is 2.24. The van der Waals surface area contributed by atoms with Crippen molar-refractivity contribution in [2.45, 2.75) is 52.1 Å². The van der Waals surface area contributed by atoms with Crippen LogP contribution in [0.15, 0.2) is 12.3 Å². The van der Waals surface area contributed by atoms with E-state index < -0.39 is 0 Å². The number of amides is 1. The Balaban J connectivity index is 1.62. The van der Waals surface area contributed by atoms with Gasteiger partial charge in [-0.05, 0) is 37.7 Å². The smallest absolute Gasteiger partial charge is 0.253 e. The Morgan fingerprint density at radius 1 is 1.43 bits per heavy atom. The van der Waals surface area contributed by atoms with Crippen molar-refractivity contribution in [1.29, 1.82) is 0 Å². The van der Waals surface area contributed by atoms with Crippen LogP contribution in [0.25, 0.3) is 0 Å². The van der Waals surface area contributed by atoms with E-state index in [9.17, 15) is 4.79 Å². The molecule has 1 aromatic rings. The minimum atomic E-state index is 0.0385. The molecule has 1 N–H and O–H groups in total. The molecule has 2 atom stereocenters. The fraction of sp³-hybridized carbons (Fsp3) is 0.706. The second-order valence-corrected chi connectivity index (χ2v) is 6.81. The van der Waals surface area contributed by atoms with E-state index in [1.165, 1.54) is 25.7 Å². The third-order valence-electron chi connectivity index (χ3n) is 4.96. The molecule has 0 bridgehead atoms. The van der Waals surface area contributed by atoms with Gasteiger partial charge < -0.3 is 14.6 Å². The number of nitrogens with zero attached hydrogens (tertiary/aromatic N) is 1. The molecule has 1 saturated heterocycles. The van der Waals surface area contributed by atoms with Crippen LogP contribution in [0, 0.1) is 18.8 Å². The lowest BCUT2D eigenvalue weighted by atomic mass is 9.82. The average molecular weight is 290 g/mol. The number of rotatable bonds is 4. The summed E-state index contributed by atoms with van der Waals surface area (Å²) in [6.07, 6.45) is 7.43. The van der Waals surface area contributed by atoms with Gasteiger partial charge in [-0.1, -0.05) is 19.8 Å². The van der Waals surface area contributed by atoms with Gasteiger partial charge in [0.2, 0.25) is 0 Å². The van der Waals surface area contributed by atoms with Crippen LogP contribution in [-0.4, -0.2) is 29.7 Å². The van der Waals surface area contributed by atoms with Gasteiger partial charge in [0.15, 0.2) is 0 Å². The summed E-state index contributed by atoms with van der Waals surface area (Å²) in [5.41, 5.74) is 1.90. The Bertz CT molecular complexity index is 505. The molecule has 4 heteroatoms. The first-order chi connectivity index (χ1) is 10.1. The summed E-state index contributed by atoms with van der Waals surface area (Å²) in [6.45, 7) is 6.75. The first-order valence-corrected chi connectivity index (χ1v) is 8.18. The maximum absolute atomic E-state index is 12.2. The zero-order valence-corrected chi connectivity index (χ0v) is 13.1. The predicted octanol–water partition coefficient (Wildman–Crippen LogP) is 2.75. The molecule has 0 aromatic carbocycles. The molecule has 3 rings (SSSR count). The maximum atomic E-state index is 12.2. The number of hydrogen-bond acceptors (Lipinski definition) is 2. The fourth-order valence-corrected chi connectivity index (χ4v) is 3.58. The number of carbonyl (C=O) groups excluding carboxylic acids is 1. The number of ether oxygens (including phenoxy) is 1. The predicted molar refractivity (Wildman–Crippen MR) is 82.4 cm³/mol. The topological polar surface area (TPSA) is 43.3 Å². The fourth-order valence-electron chi connectivity index (χ4n) is 3.58. The average Bonchev–Trinajstić information content (AvgIpc) is 2.76. The van der Waals surface area contributed by atoms with Gasteiger partial charge in [0.05, 0.1) is 24.8 Å². The largest absolute Gasteiger partial charge is 0.377 e. The number of nitrogens with one attached hydrogen (secondary N) is 1. The van der Waals surface area contributed by atoms with E-state index in [-0.39, 0.29) is 11.9 Å². The summed E-state index contributed by atoms with van der Waals surface area (Å²) in [7, 11) is 0. The van der Waals surface area contributed by atoms with Crippen molar-refractivity contribution in [2.75, 3.05) is 13.2 Å². The van der Waals surface area contributed by atoms with Gasteiger partial charge in [-0.3, -0.25) is 4.79 Å². The van der Waals surface area contributed by atoms with Gasteiger partial charge in [0, 0.05) is 18.4 Å². The van der Waals surface area contributed by atoms with Crippen LogP contribution >= 0.6 is 0 Å². The molecule has 2 unspecified atom stereocenters. The summed E-state index contributed by atoms with van der Waals surface area (Å²) in [4.78, 5) is 12.2. The van der Waals surface area contributed by atoms with Crippen molar-refractivity contribution in [3.05, 3.63) is 23.5 Å². The van der Waals surface area contributed by atoms with Crippen molar-refractivity contribution >= 4 is 5.91 Å². The van der Waals surface area contributed by atoms with Gasteiger partial charge in [0.1, 0.15) is 0 Å². The van der Waals surface area contributed by atoms with E-state index in [0.29, 0.717) is 13.2 Å². The number of aromatic nitrogens is 1.